The second kappa shape index (κ2) is 8.25. The van der Waals surface area contributed by atoms with Crippen LogP contribution in [0.15, 0.2) is 67.0 Å². The summed E-state index contributed by atoms with van der Waals surface area (Å²) in [6.45, 7) is 4.07. The Kier molecular flexibility index (Phi) is 5.59. The Balaban J connectivity index is 1.68. The fourth-order valence-corrected chi connectivity index (χ4v) is 2.62. The first-order valence-electron chi connectivity index (χ1n) is 8.69. The molecule has 0 spiro atoms. The number of benzene rings is 2. The van der Waals surface area contributed by atoms with Crippen molar-refractivity contribution < 1.29 is 4.79 Å². The van der Waals surface area contributed by atoms with Gasteiger partial charge in [-0.2, -0.15) is 0 Å². The van der Waals surface area contributed by atoms with E-state index in [0.29, 0.717) is 11.5 Å². The molecule has 0 bridgehead atoms. The summed E-state index contributed by atoms with van der Waals surface area (Å²) in [6, 6.07) is 19.5. The predicted octanol–water partition coefficient (Wildman–Crippen LogP) is 4.27. The fraction of sp³-hybridized carbons (Fsp3) is 0.190. The minimum Gasteiger partial charge on any atom is -0.344 e. The summed E-state index contributed by atoms with van der Waals surface area (Å²) in [5.41, 5.74) is 3.57. The molecule has 3 rings (SSSR count). The number of hydrogen-bond acceptors (Lipinski definition) is 4. The molecule has 0 saturated heterocycles. The molecule has 26 heavy (non-hydrogen) atoms. The molecule has 0 aliphatic rings. The summed E-state index contributed by atoms with van der Waals surface area (Å²) in [7, 11) is 0. The molecule has 1 amide bonds. The van der Waals surface area contributed by atoms with Crippen molar-refractivity contribution >= 4 is 17.4 Å². The van der Waals surface area contributed by atoms with Crippen LogP contribution in [0, 0.1) is 0 Å². The molecule has 1 aromatic heterocycles. The van der Waals surface area contributed by atoms with Gasteiger partial charge in [-0.1, -0.05) is 49.4 Å². The number of anilines is 2. The number of nitrogens with zero attached hydrogens (tertiary/aromatic N) is 2. The first kappa shape index (κ1) is 17.6. The van der Waals surface area contributed by atoms with Gasteiger partial charge in [0.25, 0.3) is 5.91 Å². The second-order valence-corrected chi connectivity index (χ2v) is 6.07. The van der Waals surface area contributed by atoms with E-state index in [1.165, 1.54) is 11.9 Å². The molecule has 2 aromatic carbocycles. The number of carbonyl (C=O) groups excluding carboxylic acids is 1. The molecule has 132 valence electrons. The van der Waals surface area contributed by atoms with Gasteiger partial charge in [-0.25, -0.2) is 9.97 Å². The van der Waals surface area contributed by atoms with Crippen LogP contribution in [0.5, 0.6) is 0 Å². The van der Waals surface area contributed by atoms with Gasteiger partial charge in [0, 0.05) is 11.8 Å². The van der Waals surface area contributed by atoms with Gasteiger partial charge >= 0.3 is 0 Å². The first-order valence-corrected chi connectivity index (χ1v) is 8.69. The molecule has 1 atom stereocenters. The highest BCUT2D eigenvalue weighted by molar-refractivity contribution is 5.93. The van der Waals surface area contributed by atoms with Gasteiger partial charge in [-0.3, -0.25) is 4.79 Å². The molecule has 0 aliphatic carbocycles. The van der Waals surface area contributed by atoms with Crippen molar-refractivity contribution in [1.82, 2.24) is 15.3 Å². The Morgan fingerprint density at radius 1 is 1.04 bits per heavy atom. The molecule has 1 unspecified atom stereocenters. The highest BCUT2D eigenvalue weighted by atomic mass is 16.1. The van der Waals surface area contributed by atoms with Crippen LogP contribution >= 0.6 is 0 Å². The van der Waals surface area contributed by atoms with Crippen LogP contribution in [0.2, 0.25) is 0 Å². The number of aryl methyl sites for hydroxylation is 1. The van der Waals surface area contributed by atoms with Crippen LogP contribution in [0.25, 0.3) is 0 Å². The third-order valence-corrected chi connectivity index (χ3v) is 4.18. The van der Waals surface area contributed by atoms with Crippen LogP contribution in [0.3, 0.4) is 0 Å². The number of amides is 1. The van der Waals surface area contributed by atoms with Crippen LogP contribution in [0.1, 0.15) is 41.5 Å². The SMILES string of the molecule is CCc1ccc(Nc2cc(C(=O)NC(C)c3ccccc3)ncn2)cc1. The minimum atomic E-state index is -0.229. The Labute approximate surface area is 153 Å². The second-order valence-electron chi connectivity index (χ2n) is 6.07. The van der Waals surface area contributed by atoms with Crippen LogP contribution < -0.4 is 10.6 Å². The van der Waals surface area contributed by atoms with Crippen molar-refractivity contribution in [3.63, 3.8) is 0 Å². The van der Waals surface area contributed by atoms with E-state index in [9.17, 15) is 4.79 Å². The van der Waals surface area contributed by atoms with Gasteiger partial charge < -0.3 is 10.6 Å². The predicted molar refractivity (Wildman–Crippen MR) is 103 cm³/mol. The first-order chi connectivity index (χ1) is 12.7. The number of hydrogen-bond donors (Lipinski definition) is 2. The fourth-order valence-electron chi connectivity index (χ4n) is 2.62. The van der Waals surface area contributed by atoms with Gasteiger partial charge in [0.05, 0.1) is 6.04 Å². The van der Waals surface area contributed by atoms with Crippen LogP contribution in [-0.4, -0.2) is 15.9 Å². The Morgan fingerprint density at radius 3 is 2.46 bits per heavy atom. The molecular weight excluding hydrogens is 324 g/mol. The summed E-state index contributed by atoms with van der Waals surface area (Å²) in [6.07, 6.45) is 2.39. The maximum absolute atomic E-state index is 12.5. The van der Waals surface area contributed by atoms with Gasteiger partial charge in [-0.15, -0.1) is 0 Å². The normalized spacial score (nSPS) is 11.6. The monoisotopic (exact) mass is 346 g/mol. The van der Waals surface area contributed by atoms with Crippen molar-refractivity contribution in [3.8, 4) is 0 Å². The van der Waals surface area contributed by atoms with Crippen molar-refractivity contribution in [3.05, 3.63) is 83.8 Å². The molecule has 5 heteroatoms. The summed E-state index contributed by atoms with van der Waals surface area (Å²) < 4.78 is 0. The zero-order chi connectivity index (χ0) is 18.4. The van der Waals surface area contributed by atoms with E-state index in [0.717, 1.165) is 17.7 Å². The lowest BCUT2D eigenvalue weighted by molar-refractivity contribution is 0.0934. The van der Waals surface area contributed by atoms with Crippen molar-refractivity contribution in [2.45, 2.75) is 26.3 Å². The quantitative estimate of drug-likeness (QED) is 0.699. The highest BCUT2D eigenvalue weighted by Crippen LogP contribution is 2.17. The standard InChI is InChI=1S/C21H22N4O/c1-3-16-9-11-18(12-10-16)25-20-13-19(22-14-23-20)21(26)24-15(2)17-7-5-4-6-8-17/h4-15H,3H2,1-2H3,(H,24,26)(H,22,23,25). The average molecular weight is 346 g/mol. The molecular formula is C21H22N4O. The topological polar surface area (TPSA) is 66.9 Å². The lowest BCUT2D eigenvalue weighted by Gasteiger charge is -2.14. The Hall–Kier alpha value is -3.21. The van der Waals surface area contributed by atoms with Gasteiger partial charge in [0.2, 0.25) is 0 Å². The summed E-state index contributed by atoms with van der Waals surface area (Å²) in [5.74, 6) is 0.356. The number of carbonyl (C=O) groups is 1. The average Bonchev–Trinajstić information content (AvgIpc) is 2.69. The molecule has 0 saturated carbocycles. The zero-order valence-electron chi connectivity index (χ0n) is 14.9. The Morgan fingerprint density at radius 2 is 1.77 bits per heavy atom. The van der Waals surface area contributed by atoms with Crippen LogP contribution in [0.4, 0.5) is 11.5 Å². The van der Waals surface area contributed by atoms with Crippen LogP contribution in [-0.2, 0) is 6.42 Å². The smallest absolute Gasteiger partial charge is 0.270 e. The molecule has 3 aromatic rings. The van der Waals surface area contributed by atoms with E-state index in [-0.39, 0.29) is 11.9 Å². The molecule has 1 heterocycles. The highest BCUT2D eigenvalue weighted by Gasteiger charge is 2.13. The molecule has 0 aliphatic heterocycles. The summed E-state index contributed by atoms with van der Waals surface area (Å²) in [4.78, 5) is 20.8. The largest absolute Gasteiger partial charge is 0.344 e. The molecule has 0 radical (unpaired) electrons. The number of aromatic nitrogens is 2. The van der Waals surface area contributed by atoms with E-state index in [4.69, 9.17) is 0 Å². The molecule has 0 fully saturated rings. The third-order valence-electron chi connectivity index (χ3n) is 4.18. The number of nitrogens with one attached hydrogen (secondary N) is 2. The van der Waals surface area contributed by atoms with E-state index in [2.05, 4.69) is 39.7 Å². The maximum atomic E-state index is 12.5. The van der Waals surface area contributed by atoms with E-state index >= 15 is 0 Å². The van der Waals surface area contributed by atoms with E-state index in [1.807, 2.05) is 49.4 Å². The molecule has 5 nitrogen and oxygen atoms in total. The van der Waals surface area contributed by atoms with E-state index < -0.39 is 0 Å². The van der Waals surface area contributed by atoms with E-state index in [1.54, 1.807) is 6.07 Å². The van der Waals surface area contributed by atoms with Crippen molar-refractivity contribution in [1.29, 1.82) is 0 Å². The lowest BCUT2D eigenvalue weighted by atomic mass is 10.1. The van der Waals surface area contributed by atoms with Crippen molar-refractivity contribution in [2.75, 3.05) is 5.32 Å². The summed E-state index contributed by atoms with van der Waals surface area (Å²) >= 11 is 0. The lowest BCUT2D eigenvalue weighted by Crippen LogP contribution is -2.27. The van der Waals surface area contributed by atoms with Crippen molar-refractivity contribution in [2.24, 2.45) is 0 Å². The van der Waals surface area contributed by atoms with Gasteiger partial charge in [-0.05, 0) is 36.6 Å². The Bertz CT molecular complexity index is 863. The minimum absolute atomic E-state index is 0.100. The van der Waals surface area contributed by atoms with Gasteiger partial charge in [0.15, 0.2) is 0 Å². The maximum Gasteiger partial charge on any atom is 0.270 e. The zero-order valence-corrected chi connectivity index (χ0v) is 14.9. The molecule has 2 N–H and O–H groups in total. The third kappa shape index (κ3) is 4.45. The van der Waals surface area contributed by atoms with Gasteiger partial charge in [0.1, 0.15) is 17.8 Å². The summed E-state index contributed by atoms with van der Waals surface area (Å²) in [5, 5.41) is 6.17. The number of rotatable bonds is 6.